The van der Waals surface area contributed by atoms with E-state index in [1.807, 2.05) is 0 Å². The zero-order chi connectivity index (χ0) is 16.3. The van der Waals surface area contributed by atoms with Gasteiger partial charge in [-0.1, -0.05) is 17.7 Å². The molecule has 1 heterocycles. The van der Waals surface area contributed by atoms with Gasteiger partial charge in [-0.2, -0.15) is 13.2 Å². The Hall–Kier alpha value is -1.86. The first-order valence-corrected chi connectivity index (χ1v) is 6.55. The molecular formula is C14H11ClF4N2O. The third-order valence-corrected chi connectivity index (χ3v) is 3.20. The van der Waals surface area contributed by atoms with Crippen molar-refractivity contribution in [3.05, 3.63) is 58.5 Å². The fourth-order valence-corrected chi connectivity index (χ4v) is 1.82. The summed E-state index contributed by atoms with van der Waals surface area (Å²) in [5.41, 5.74) is -0.570. The SMILES string of the molecule is OC(CNc1ccc(C(F)(F)F)cn1)c1ccc(Cl)c(F)c1. The van der Waals surface area contributed by atoms with Crippen molar-refractivity contribution in [1.29, 1.82) is 0 Å². The number of hydrogen-bond donors (Lipinski definition) is 2. The normalized spacial score (nSPS) is 13.0. The van der Waals surface area contributed by atoms with Crippen molar-refractivity contribution in [1.82, 2.24) is 4.98 Å². The van der Waals surface area contributed by atoms with Gasteiger partial charge in [0.2, 0.25) is 0 Å². The van der Waals surface area contributed by atoms with Crippen LogP contribution in [0.4, 0.5) is 23.4 Å². The van der Waals surface area contributed by atoms with Crippen LogP contribution in [0.25, 0.3) is 0 Å². The quantitative estimate of drug-likeness (QED) is 0.830. The van der Waals surface area contributed by atoms with Gasteiger partial charge in [0.1, 0.15) is 11.6 Å². The Kier molecular flexibility index (Phi) is 4.87. The number of halogens is 5. The minimum atomic E-state index is -4.45. The van der Waals surface area contributed by atoms with E-state index in [0.29, 0.717) is 11.8 Å². The van der Waals surface area contributed by atoms with Gasteiger partial charge >= 0.3 is 6.18 Å². The molecule has 0 amide bonds. The highest BCUT2D eigenvalue weighted by molar-refractivity contribution is 6.30. The highest BCUT2D eigenvalue weighted by atomic mass is 35.5. The number of alkyl halides is 3. The lowest BCUT2D eigenvalue weighted by molar-refractivity contribution is -0.137. The predicted molar refractivity (Wildman–Crippen MR) is 74.1 cm³/mol. The Morgan fingerprint density at radius 1 is 1.23 bits per heavy atom. The Labute approximate surface area is 128 Å². The van der Waals surface area contributed by atoms with Gasteiger partial charge in [-0.3, -0.25) is 0 Å². The third kappa shape index (κ3) is 4.08. The first-order valence-electron chi connectivity index (χ1n) is 6.17. The summed E-state index contributed by atoms with van der Waals surface area (Å²) in [5, 5.41) is 12.5. The lowest BCUT2D eigenvalue weighted by Gasteiger charge is -2.13. The van der Waals surface area contributed by atoms with E-state index in [9.17, 15) is 22.7 Å². The average Bonchev–Trinajstić information content (AvgIpc) is 2.47. The van der Waals surface area contributed by atoms with E-state index in [-0.39, 0.29) is 17.4 Å². The lowest BCUT2D eigenvalue weighted by atomic mass is 10.1. The summed E-state index contributed by atoms with van der Waals surface area (Å²) in [4.78, 5) is 3.61. The van der Waals surface area contributed by atoms with Gasteiger partial charge < -0.3 is 10.4 Å². The Morgan fingerprint density at radius 2 is 1.95 bits per heavy atom. The Morgan fingerprint density at radius 3 is 2.50 bits per heavy atom. The third-order valence-electron chi connectivity index (χ3n) is 2.90. The zero-order valence-electron chi connectivity index (χ0n) is 11.0. The van der Waals surface area contributed by atoms with Crippen molar-refractivity contribution in [2.24, 2.45) is 0 Å². The molecule has 22 heavy (non-hydrogen) atoms. The van der Waals surface area contributed by atoms with E-state index in [0.717, 1.165) is 18.2 Å². The summed E-state index contributed by atoms with van der Waals surface area (Å²) in [7, 11) is 0. The predicted octanol–water partition coefficient (Wildman–Crippen LogP) is 4.04. The molecule has 0 spiro atoms. The van der Waals surface area contributed by atoms with Crippen LogP contribution in [0.15, 0.2) is 36.5 Å². The number of aliphatic hydroxyl groups is 1. The van der Waals surface area contributed by atoms with Crippen LogP contribution in [0.5, 0.6) is 0 Å². The molecule has 0 radical (unpaired) electrons. The first-order chi connectivity index (χ1) is 10.3. The average molecular weight is 335 g/mol. The fourth-order valence-electron chi connectivity index (χ4n) is 1.70. The number of rotatable bonds is 4. The van der Waals surface area contributed by atoms with Crippen LogP contribution in [0, 0.1) is 5.82 Å². The maximum Gasteiger partial charge on any atom is 0.417 e. The molecule has 0 aliphatic heterocycles. The van der Waals surface area contributed by atoms with Gasteiger partial charge in [0.25, 0.3) is 0 Å². The number of aliphatic hydroxyl groups excluding tert-OH is 1. The van der Waals surface area contributed by atoms with Crippen LogP contribution >= 0.6 is 11.6 Å². The van der Waals surface area contributed by atoms with Crippen molar-refractivity contribution in [3.63, 3.8) is 0 Å². The van der Waals surface area contributed by atoms with Gasteiger partial charge in [0.15, 0.2) is 0 Å². The van der Waals surface area contributed by atoms with Gasteiger partial charge in [-0.15, -0.1) is 0 Å². The molecule has 1 unspecified atom stereocenters. The van der Waals surface area contributed by atoms with Crippen molar-refractivity contribution < 1.29 is 22.7 Å². The highest BCUT2D eigenvalue weighted by Crippen LogP contribution is 2.29. The number of anilines is 1. The minimum absolute atomic E-state index is 0.0422. The number of hydrogen-bond acceptors (Lipinski definition) is 3. The number of nitrogens with one attached hydrogen (secondary N) is 1. The summed E-state index contributed by atoms with van der Waals surface area (Å²) < 4.78 is 50.4. The summed E-state index contributed by atoms with van der Waals surface area (Å²) in [5.74, 6) is -0.493. The number of pyridine rings is 1. The van der Waals surface area contributed by atoms with Crippen molar-refractivity contribution in [2.45, 2.75) is 12.3 Å². The van der Waals surface area contributed by atoms with E-state index >= 15 is 0 Å². The van der Waals surface area contributed by atoms with E-state index in [1.165, 1.54) is 12.1 Å². The van der Waals surface area contributed by atoms with Crippen LogP contribution in [-0.4, -0.2) is 16.6 Å². The largest absolute Gasteiger partial charge is 0.417 e. The van der Waals surface area contributed by atoms with Crippen LogP contribution in [0.3, 0.4) is 0 Å². The van der Waals surface area contributed by atoms with Crippen molar-refractivity contribution in [3.8, 4) is 0 Å². The smallest absolute Gasteiger partial charge is 0.387 e. The molecular weight excluding hydrogens is 324 g/mol. The number of aromatic nitrogens is 1. The molecule has 8 heteroatoms. The molecule has 0 bridgehead atoms. The van der Waals surface area contributed by atoms with Crippen LogP contribution in [-0.2, 0) is 6.18 Å². The maximum absolute atomic E-state index is 13.3. The molecule has 118 valence electrons. The van der Waals surface area contributed by atoms with E-state index in [4.69, 9.17) is 11.6 Å². The summed E-state index contributed by atoms with van der Waals surface area (Å²) in [6, 6.07) is 5.89. The van der Waals surface area contributed by atoms with Gasteiger partial charge in [0.05, 0.1) is 16.7 Å². The Balaban J connectivity index is 1.98. The Bertz CT molecular complexity index is 646. The van der Waals surface area contributed by atoms with Crippen molar-refractivity contribution in [2.75, 3.05) is 11.9 Å². The maximum atomic E-state index is 13.3. The zero-order valence-corrected chi connectivity index (χ0v) is 11.8. The molecule has 0 saturated heterocycles. The van der Waals surface area contributed by atoms with Gasteiger partial charge in [-0.25, -0.2) is 9.37 Å². The molecule has 2 rings (SSSR count). The molecule has 1 atom stereocenters. The summed E-state index contributed by atoms with van der Waals surface area (Å²) in [6.45, 7) is -0.0422. The second kappa shape index (κ2) is 6.50. The molecule has 1 aromatic heterocycles. The molecule has 0 fully saturated rings. The molecule has 0 saturated carbocycles. The van der Waals surface area contributed by atoms with E-state index < -0.39 is 23.7 Å². The van der Waals surface area contributed by atoms with Gasteiger partial charge in [-0.05, 0) is 29.8 Å². The standard InChI is InChI=1S/C14H11ClF4N2O/c15-10-3-1-8(5-11(10)16)12(22)7-21-13-4-2-9(6-20-13)14(17,18)19/h1-6,12,22H,7H2,(H,20,21). The summed E-state index contributed by atoms with van der Waals surface area (Å²) >= 11 is 5.54. The lowest BCUT2D eigenvalue weighted by Crippen LogP contribution is -2.13. The summed E-state index contributed by atoms with van der Waals surface area (Å²) in [6.07, 6.45) is -4.82. The molecule has 1 aromatic carbocycles. The number of benzene rings is 1. The van der Waals surface area contributed by atoms with Crippen LogP contribution in [0.2, 0.25) is 5.02 Å². The monoisotopic (exact) mass is 334 g/mol. The van der Waals surface area contributed by atoms with E-state index in [1.54, 1.807) is 0 Å². The second-order valence-electron chi connectivity index (χ2n) is 4.50. The molecule has 3 nitrogen and oxygen atoms in total. The fraction of sp³-hybridized carbons (Fsp3) is 0.214. The van der Waals surface area contributed by atoms with Crippen LogP contribution in [0.1, 0.15) is 17.2 Å². The topological polar surface area (TPSA) is 45.1 Å². The molecule has 0 aliphatic rings. The second-order valence-corrected chi connectivity index (χ2v) is 4.91. The van der Waals surface area contributed by atoms with Gasteiger partial charge in [0, 0.05) is 12.7 Å². The van der Waals surface area contributed by atoms with E-state index in [2.05, 4.69) is 10.3 Å². The highest BCUT2D eigenvalue weighted by Gasteiger charge is 2.30. The first kappa shape index (κ1) is 16.5. The molecule has 0 aliphatic carbocycles. The molecule has 2 N–H and O–H groups in total. The van der Waals surface area contributed by atoms with Crippen molar-refractivity contribution >= 4 is 17.4 Å². The van der Waals surface area contributed by atoms with Crippen LogP contribution < -0.4 is 5.32 Å². The molecule has 2 aromatic rings. The number of nitrogens with zero attached hydrogens (tertiary/aromatic N) is 1. The minimum Gasteiger partial charge on any atom is -0.387 e.